The van der Waals surface area contributed by atoms with Crippen LogP contribution < -0.4 is 10.1 Å². The van der Waals surface area contributed by atoms with Crippen LogP contribution in [-0.4, -0.2) is 23.2 Å². The number of fused-ring (bicyclic) bond motifs is 1. The average Bonchev–Trinajstić information content (AvgIpc) is 3.10. The molecule has 0 saturated heterocycles. The van der Waals surface area contributed by atoms with Crippen LogP contribution in [0.25, 0.3) is 11.0 Å². The number of rotatable bonds is 4. The summed E-state index contributed by atoms with van der Waals surface area (Å²) in [4.78, 5) is 16.1. The number of furan rings is 1. The largest absolute Gasteiger partial charge is 0.493 e. The Labute approximate surface area is 119 Å². The third-order valence-electron chi connectivity index (χ3n) is 2.92. The van der Waals surface area contributed by atoms with E-state index in [2.05, 4.69) is 15.5 Å². The van der Waals surface area contributed by atoms with Gasteiger partial charge in [0.05, 0.1) is 13.7 Å². The van der Waals surface area contributed by atoms with Gasteiger partial charge in [-0.3, -0.25) is 4.79 Å². The third kappa shape index (κ3) is 2.58. The summed E-state index contributed by atoms with van der Waals surface area (Å²) in [7, 11) is 1.55. The maximum absolute atomic E-state index is 12.1. The lowest BCUT2D eigenvalue weighted by Gasteiger charge is -1.99. The lowest BCUT2D eigenvalue weighted by atomic mass is 10.2. The third-order valence-corrected chi connectivity index (χ3v) is 2.92. The number of methoxy groups -OCH3 is 1. The van der Waals surface area contributed by atoms with Gasteiger partial charge in [-0.1, -0.05) is 17.3 Å². The Morgan fingerprint density at radius 2 is 2.29 bits per heavy atom. The predicted molar refractivity (Wildman–Crippen MR) is 73.0 cm³/mol. The van der Waals surface area contributed by atoms with E-state index in [-0.39, 0.29) is 18.2 Å². The van der Waals surface area contributed by atoms with E-state index in [4.69, 9.17) is 13.7 Å². The van der Waals surface area contributed by atoms with E-state index in [1.54, 1.807) is 26.2 Å². The summed E-state index contributed by atoms with van der Waals surface area (Å²) < 4.78 is 15.7. The van der Waals surface area contributed by atoms with E-state index in [0.717, 1.165) is 5.39 Å². The molecule has 0 atom stereocenters. The lowest BCUT2D eigenvalue weighted by molar-refractivity contribution is 0.0920. The number of aryl methyl sites for hydroxylation is 1. The van der Waals surface area contributed by atoms with Gasteiger partial charge in [0.1, 0.15) is 0 Å². The Morgan fingerprint density at radius 3 is 3.00 bits per heavy atom. The zero-order valence-corrected chi connectivity index (χ0v) is 11.5. The lowest BCUT2D eigenvalue weighted by Crippen LogP contribution is -2.22. The molecular weight excluding hydrogens is 274 g/mol. The molecule has 1 aromatic carbocycles. The highest BCUT2D eigenvalue weighted by atomic mass is 16.5. The molecule has 21 heavy (non-hydrogen) atoms. The Bertz CT molecular complexity index is 790. The summed E-state index contributed by atoms with van der Waals surface area (Å²) >= 11 is 0. The van der Waals surface area contributed by atoms with Crippen molar-refractivity contribution in [3.05, 3.63) is 41.7 Å². The summed E-state index contributed by atoms with van der Waals surface area (Å²) in [6.07, 6.45) is 0. The number of hydrogen-bond acceptors (Lipinski definition) is 6. The van der Waals surface area contributed by atoms with Gasteiger partial charge in [0.25, 0.3) is 5.91 Å². The molecule has 108 valence electrons. The summed E-state index contributed by atoms with van der Waals surface area (Å²) in [5.41, 5.74) is 0.541. The molecule has 0 radical (unpaired) electrons. The van der Waals surface area contributed by atoms with E-state index in [1.807, 2.05) is 12.1 Å². The molecule has 2 heterocycles. The van der Waals surface area contributed by atoms with Crippen molar-refractivity contribution in [2.75, 3.05) is 7.11 Å². The van der Waals surface area contributed by atoms with Crippen molar-refractivity contribution in [1.29, 1.82) is 0 Å². The van der Waals surface area contributed by atoms with Gasteiger partial charge in [0.2, 0.25) is 5.89 Å². The minimum absolute atomic E-state index is 0.147. The summed E-state index contributed by atoms with van der Waals surface area (Å²) in [5.74, 6) is 1.29. The topological polar surface area (TPSA) is 90.4 Å². The average molecular weight is 287 g/mol. The monoisotopic (exact) mass is 287 g/mol. The number of para-hydroxylation sites is 1. The van der Waals surface area contributed by atoms with Gasteiger partial charge in [-0.05, 0) is 19.1 Å². The van der Waals surface area contributed by atoms with E-state index in [9.17, 15) is 4.79 Å². The Hall–Kier alpha value is -2.83. The minimum atomic E-state index is -0.357. The minimum Gasteiger partial charge on any atom is -0.493 e. The first-order chi connectivity index (χ1) is 10.2. The highest BCUT2D eigenvalue weighted by Crippen LogP contribution is 2.28. The number of carbonyl (C=O) groups is 1. The van der Waals surface area contributed by atoms with Gasteiger partial charge in [0, 0.05) is 5.39 Å². The molecule has 0 fully saturated rings. The van der Waals surface area contributed by atoms with Crippen molar-refractivity contribution in [3.63, 3.8) is 0 Å². The predicted octanol–water partition coefficient (Wildman–Crippen LogP) is 2.06. The maximum Gasteiger partial charge on any atom is 0.287 e. The zero-order valence-electron chi connectivity index (χ0n) is 11.5. The molecule has 0 spiro atoms. The van der Waals surface area contributed by atoms with E-state index >= 15 is 0 Å². The molecule has 1 amide bonds. The number of nitrogens with zero attached hydrogens (tertiary/aromatic N) is 2. The molecule has 7 heteroatoms. The molecule has 3 aromatic rings. The van der Waals surface area contributed by atoms with Crippen LogP contribution in [0.3, 0.4) is 0 Å². The van der Waals surface area contributed by atoms with Gasteiger partial charge >= 0.3 is 0 Å². The summed E-state index contributed by atoms with van der Waals surface area (Å²) in [6.45, 7) is 1.86. The first kappa shape index (κ1) is 13.2. The van der Waals surface area contributed by atoms with Crippen molar-refractivity contribution in [1.82, 2.24) is 15.5 Å². The van der Waals surface area contributed by atoms with Crippen LogP contribution in [-0.2, 0) is 6.54 Å². The molecule has 1 N–H and O–H groups in total. The van der Waals surface area contributed by atoms with Crippen LogP contribution in [0.1, 0.15) is 22.3 Å². The molecule has 0 unspecified atom stereocenters. The van der Waals surface area contributed by atoms with Gasteiger partial charge in [-0.15, -0.1) is 0 Å². The highest BCUT2D eigenvalue weighted by Gasteiger charge is 2.15. The van der Waals surface area contributed by atoms with E-state index in [1.165, 1.54) is 0 Å². The van der Waals surface area contributed by atoms with Crippen molar-refractivity contribution in [3.8, 4) is 5.75 Å². The van der Waals surface area contributed by atoms with Crippen LogP contribution in [0.5, 0.6) is 5.75 Å². The zero-order chi connectivity index (χ0) is 14.8. The van der Waals surface area contributed by atoms with Crippen LogP contribution in [0.4, 0.5) is 0 Å². The van der Waals surface area contributed by atoms with E-state index < -0.39 is 0 Å². The van der Waals surface area contributed by atoms with Crippen LogP contribution >= 0.6 is 0 Å². The molecule has 2 aromatic heterocycles. The number of nitrogens with one attached hydrogen (secondary N) is 1. The molecule has 0 bridgehead atoms. The standard InChI is InChI=1S/C14H13N3O4/c1-8-16-12(21-17-8)7-15-14(18)11-6-9-4-3-5-10(19-2)13(9)20-11/h3-6H,7H2,1-2H3,(H,15,18). The maximum atomic E-state index is 12.1. The summed E-state index contributed by atoms with van der Waals surface area (Å²) in [5, 5.41) is 7.10. The van der Waals surface area contributed by atoms with Crippen LogP contribution in [0.15, 0.2) is 33.2 Å². The number of hydrogen-bond donors (Lipinski definition) is 1. The number of aromatic nitrogens is 2. The van der Waals surface area contributed by atoms with Crippen molar-refractivity contribution < 1.29 is 18.5 Å². The Kier molecular flexibility index (Phi) is 3.31. The summed E-state index contributed by atoms with van der Waals surface area (Å²) in [6, 6.07) is 7.11. The number of carbonyl (C=O) groups excluding carboxylic acids is 1. The van der Waals surface area contributed by atoms with Gasteiger partial charge in [-0.2, -0.15) is 4.98 Å². The smallest absolute Gasteiger partial charge is 0.287 e. The quantitative estimate of drug-likeness (QED) is 0.790. The number of amides is 1. The van der Waals surface area contributed by atoms with Crippen LogP contribution in [0.2, 0.25) is 0 Å². The molecule has 0 aliphatic carbocycles. The fraction of sp³-hybridized carbons (Fsp3) is 0.214. The number of ether oxygens (including phenoxy) is 1. The first-order valence-electron chi connectivity index (χ1n) is 6.31. The second-order valence-corrected chi connectivity index (χ2v) is 4.41. The molecule has 7 nitrogen and oxygen atoms in total. The first-order valence-corrected chi connectivity index (χ1v) is 6.31. The van der Waals surface area contributed by atoms with Crippen molar-refractivity contribution in [2.24, 2.45) is 0 Å². The molecule has 0 aliphatic rings. The van der Waals surface area contributed by atoms with Crippen LogP contribution in [0, 0.1) is 6.92 Å². The SMILES string of the molecule is COc1cccc2cc(C(=O)NCc3nc(C)no3)oc12. The molecule has 3 rings (SSSR count). The Morgan fingerprint density at radius 1 is 1.43 bits per heavy atom. The van der Waals surface area contributed by atoms with Crippen molar-refractivity contribution in [2.45, 2.75) is 13.5 Å². The molecular formula is C14H13N3O4. The van der Waals surface area contributed by atoms with Gasteiger partial charge in [-0.25, -0.2) is 0 Å². The molecule has 0 saturated carbocycles. The van der Waals surface area contributed by atoms with Gasteiger partial charge in [0.15, 0.2) is 22.9 Å². The van der Waals surface area contributed by atoms with E-state index in [0.29, 0.717) is 23.0 Å². The number of benzene rings is 1. The second kappa shape index (κ2) is 5.28. The highest BCUT2D eigenvalue weighted by molar-refractivity contribution is 5.97. The van der Waals surface area contributed by atoms with Gasteiger partial charge < -0.3 is 19.0 Å². The fourth-order valence-electron chi connectivity index (χ4n) is 1.96. The fourth-order valence-corrected chi connectivity index (χ4v) is 1.96. The van der Waals surface area contributed by atoms with Crippen molar-refractivity contribution >= 4 is 16.9 Å². The Balaban J connectivity index is 1.78. The molecule has 0 aliphatic heterocycles. The second-order valence-electron chi connectivity index (χ2n) is 4.41. The normalized spacial score (nSPS) is 10.8.